The van der Waals surface area contributed by atoms with Crippen LogP contribution in [0.3, 0.4) is 0 Å². The van der Waals surface area contributed by atoms with Gasteiger partial charge in [-0.25, -0.2) is 0 Å². The van der Waals surface area contributed by atoms with Gasteiger partial charge in [0.15, 0.2) is 0 Å². The summed E-state index contributed by atoms with van der Waals surface area (Å²) in [6.45, 7) is 7.19. The largest absolute Gasteiger partial charge is 0.311 e. The maximum atomic E-state index is 3.73. The van der Waals surface area contributed by atoms with Crippen LogP contribution in [0.25, 0.3) is 0 Å². The van der Waals surface area contributed by atoms with E-state index in [2.05, 4.69) is 24.1 Å². The average Bonchev–Trinajstić information content (AvgIpc) is 2.89. The molecular weight excluding hydrogens is 160 g/mol. The van der Waals surface area contributed by atoms with Gasteiger partial charge >= 0.3 is 0 Å². The van der Waals surface area contributed by atoms with E-state index in [1.165, 1.54) is 38.8 Å². The Labute approximate surface area is 81.7 Å². The third-order valence-corrected chi connectivity index (χ3v) is 3.31. The maximum absolute atomic E-state index is 3.73. The van der Waals surface area contributed by atoms with E-state index in [0.29, 0.717) is 0 Å². The van der Waals surface area contributed by atoms with Crippen molar-refractivity contribution in [2.24, 2.45) is 0 Å². The van der Waals surface area contributed by atoms with Crippen molar-refractivity contribution >= 4 is 0 Å². The molecule has 0 unspecified atom stereocenters. The van der Waals surface area contributed by atoms with Crippen molar-refractivity contribution in [2.75, 3.05) is 13.1 Å². The molecule has 1 heterocycles. The van der Waals surface area contributed by atoms with Gasteiger partial charge in [0.25, 0.3) is 0 Å². The normalized spacial score (nSPS) is 27.0. The highest BCUT2D eigenvalue weighted by Crippen LogP contribution is 2.22. The lowest BCUT2D eigenvalue weighted by molar-refractivity contribution is 0.161. The Morgan fingerprint density at radius 3 is 2.00 bits per heavy atom. The van der Waals surface area contributed by atoms with E-state index in [1.807, 2.05) is 0 Å². The van der Waals surface area contributed by atoms with Gasteiger partial charge in [-0.15, -0.1) is 0 Å². The third-order valence-electron chi connectivity index (χ3n) is 3.31. The van der Waals surface area contributed by atoms with Crippen LogP contribution in [0.4, 0.5) is 0 Å². The molecule has 1 aliphatic carbocycles. The number of likely N-dealkylation sites (tertiary alicyclic amines) is 1. The molecule has 1 saturated carbocycles. The molecule has 76 valence electrons. The van der Waals surface area contributed by atoms with Crippen LogP contribution in [0.5, 0.6) is 0 Å². The van der Waals surface area contributed by atoms with Gasteiger partial charge in [-0.2, -0.15) is 0 Å². The summed E-state index contributed by atoms with van der Waals surface area (Å²) in [7, 11) is 0. The molecular formula is C11H22N2. The Kier molecular flexibility index (Phi) is 2.89. The Balaban J connectivity index is 1.69. The Bertz CT molecular complexity index is 155. The van der Waals surface area contributed by atoms with Crippen LogP contribution in [0.15, 0.2) is 0 Å². The first kappa shape index (κ1) is 9.47. The van der Waals surface area contributed by atoms with Crippen LogP contribution in [0, 0.1) is 0 Å². The lowest BCUT2D eigenvalue weighted by Crippen LogP contribution is -2.45. The molecule has 0 amide bonds. The highest BCUT2D eigenvalue weighted by molar-refractivity contribution is 4.87. The molecule has 2 heteroatoms. The number of rotatable bonds is 3. The minimum absolute atomic E-state index is 0.738. The van der Waals surface area contributed by atoms with Crippen LogP contribution >= 0.6 is 0 Å². The first-order chi connectivity index (χ1) is 6.25. The second-order valence-corrected chi connectivity index (χ2v) is 4.84. The topological polar surface area (TPSA) is 15.3 Å². The molecule has 0 bridgehead atoms. The first-order valence-electron chi connectivity index (χ1n) is 5.76. The quantitative estimate of drug-likeness (QED) is 0.713. The summed E-state index contributed by atoms with van der Waals surface area (Å²) in [6.07, 6.45) is 5.55. The van der Waals surface area contributed by atoms with Crippen molar-refractivity contribution < 1.29 is 0 Å². The zero-order valence-corrected chi connectivity index (χ0v) is 8.92. The van der Waals surface area contributed by atoms with Crippen LogP contribution in [0.2, 0.25) is 0 Å². The molecule has 2 nitrogen and oxygen atoms in total. The molecule has 13 heavy (non-hydrogen) atoms. The fraction of sp³-hybridized carbons (Fsp3) is 1.00. The molecule has 0 aromatic rings. The van der Waals surface area contributed by atoms with E-state index in [4.69, 9.17) is 0 Å². The second-order valence-electron chi connectivity index (χ2n) is 4.84. The third kappa shape index (κ3) is 2.68. The van der Waals surface area contributed by atoms with Crippen molar-refractivity contribution in [2.45, 2.75) is 57.7 Å². The van der Waals surface area contributed by atoms with Crippen LogP contribution in [0.1, 0.15) is 39.5 Å². The van der Waals surface area contributed by atoms with E-state index in [-0.39, 0.29) is 0 Å². The van der Waals surface area contributed by atoms with Crippen molar-refractivity contribution in [1.82, 2.24) is 10.2 Å². The number of nitrogens with one attached hydrogen (secondary N) is 1. The fourth-order valence-electron chi connectivity index (χ4n) is 2.17. The Morgan fingerprint density at radius 1 is 1.00 bits per heavy atom. The van der Waals surface area contributed by atoms with E-state index in [0.717, 1.165) is 18.1 Å². The summed E-state index contributed by atoms with van der Waals surface area (Å²) < 4.78 is 0. The molecule has 2 rings (SSSR count). The average molecular weight is 182 g/mol. The smallest absolute Gasteiger partial charge is 0.00940 e. The van der Waals surface area contributed by atoms with E-state index in [1.54, 1.807) is 0 Å². The van der Waals surface area contributed by atoms with E-state index >= 15 is 0 Å². The molecule has 1 aliphatic heterocycles. The number of hydrogen-bond acceptors (Lipinski definition) is 2. The van der Waals surface area contributed by atoms with Crippen LogP contribution in [-0.4, -0.2) is 36.1 Å². The highest BCUT2D eigenvalue weighted by atomic mass is 15.2. The molecule has 0 aromatic carbocycles. The second kappa shape index (κ2) is 3.97. The first-order valence-corrected chi connectivity index (χ1v) is 5.76. The Hall–Kier alpha value is -0.0800. The van der Waals surface area contributed by atoms with Gasteiger partial charge in [0, 0.05) is 18.1 Å². The predicted octanol–water partition coefficient (Wildman–Crippen LogP) is 1.61. The van der Waals surface area contributed by atoms with Crippen LogP contribution < -0.4 is 5.32 Å². The fourth-order valence-corrected chi connectivity index (χ4v) is 2.17. The summed E-state index contributed by atoms with van der Waals surface area (Å²) in [5.41, 5.74) is 0. The summed E-state index contributed by atoms with van der Waals surface area (Å²) >= 11 is 0. The van der Waals surface area contributed by atoms with Crippen molar-refractivity contribution in [3.63, 3.8) is 0 Å². The summed E-state index contributed by atoms with van der Waals surface area (Å²) in [4.78, 5) is 2.59. The van der Waals surface area contributed by atoms with Gasteiger partial charge in [0.1, 0.15) is 0 Å². The standard InChI is InChI=1S/C11H22N2/c1-9(2)13-7-5-11(6-8-13)12-10-3-4-10/h9-12H,3-8H2,1-2H3. The van der Waals surface area contributed by atoms with Crippen molar-refractivity contribution in [3.8, 4) is 0 Å². The lowest BCUT2D eigenvalue weighted by Gasteiger charge is -2.35. The van der Waals surface area contributed by atoms with E-state index < -0.39 is 0 Å². The van der Waals surface area contributed by atoms with Gasteiger partial charge < -0.3 is 10.2 Å². The zero-order valence-electron chi connectivity index (χ0n) is 8.92. The van der Waals surface area contributed by atoms with Gasteiger partial charge in [0.2, 0.25) is 0 Å². The highest BCUT2D eigenvalue weighted by Gasteiger charge is 2.27. The number of nitrogens with zero attached hydrogens (tertiary/aromatic N) is 1. The zero-order chi connectivity index (χ0) is 9.26. The van der Waals surface area contributed by atoms with E-state index in [9.17, 15) is 0 Å². The van der Waals surface area contributed by atoms with Gasteiger partial charge in [-0.1, -0.05) is 0 Å². The van der Waals surface area contributed by atoms with Crippen molar-refractivity contribution in [3.05, 3.63) is 0 Å². The SMILES string of the molecule is CC(C)N1CCC(NC2CC2)CC1. The maximum Gasteiger partial charge on any atom is 0.00940 e. The van der Waals surface area contributed by atoms with Crippen molar-refractivity contribution in [1.29, 1.82) is 0 Å². The monoisotopic (exact) mass is 182 g/mol. The number of piperidine rings is 1. The predicted molar refractivity (Wildman–Crippen MR) is 55.9 cm³/mol. The molecule has 0 radical (unpaired) electrons. The molecule has 0 aromatic heterocycles. The molecule has 0 atom stereocenters. The minimum Gasteiger partial charge on any atom is -0.311 e. The summed E-state index contributed by atoms with van der Waals surface area (Å²) in [5.74, 6) is 0. The molecule has 1 N–H and O–H groups in total. The van der Waals surface area contributed by atoms with Gasteiger partial charge in [-0.05, 0) is 52.6 Å². The van der Waals surface area contributed by atoms with Crippen LogP contribution in [-0.2, 0) is 0 Å². The lowest BCUT2D eigenvalue weighted by atomic mass is 10.0. The summed E-state index contributed by atoms with van der Waals surface area (Å²) in [5, 5.41) is 3.73. The Morgan fingerprint density at radius 2 is 1.54 bits per heavy atom. The van der Waals surface area contributed by atoms with Gasteiger partial charge in [-0.3, -0.25) is 0 Å². The summed E-state index contributed by atoms with van der Waals surface area (Å²) in [6, 6.07) is 2.44. The molecule has 2 aliphatic rings. The molecule has 2 fully saturated rings. The molecule has 1 saturated heterocycles. The molecule has 0 spiro atoms. The minimum atomic E-state index is 0.738. The van der Waals surface area contributed by atoms with Gasteiger partial charge in [0.05, 0.1) is 0 Å². The number of hydrogen-bond donors (Lipinski definition) is 1.